The van der Waals surface area contributed by atoms with Crippen LogP contribution >= 0.6 is 0 Å². The third-order valence-electron chi connectivity index (χ3n) is 6.66. The molecule has 1 atom stereocenters. The van der Waals surface area contributed by atoms with Crippen molar-refractivity contribution in [2.75, 3.05) is 10.3 Å². The number of benzene rings is 4. The van der Waals surface area contributed by atoms with Gasteiger partial charge in [-0.25, -0.2) is 0 Å². The van der Waals surface area contributed by atoms with Crippen molar-refractivity contribution in [2.45, 2.75) is 33.4 Å². The molecule has 1 aliphatic rings. The van der Waals surface area contributed by atoms with Crippen LogP contribution in [0.4, 0.5) is 11.4 Å². The second kappa shape index (κ2) is 9.18. The second-order valence-corrected chi connectivity index (χ2v) is 9.58. The lowest BCUT2D eigenvalue weighted by Crippen LogP contribution is -2.32. The van der Waals surface area contributed by atoms with E-state index in [0.29, 0.717) is 0 Å². The van der Waals surface area contributed by atoms with Gasteiger partial charge in [-0.1, -0.05) is 104 Å². The summed E-state index contributed by atoms with van der Waals surface area (Å²) in [6.07, 6.45) is 0. The normalized spacial score (nSPS) is 16.9. The fraction of sp³-hybridized carbons (Fsp3) is 0.194. The Kier molecular flexibility index (Phi) is 5.93. The van der Waals surface area contributed by atoms with Gasteiger partial charge in [0, 0.05) is 17.6 Å². The average Bonchev–Trinajstić information content (AvgIpc) is 3.16. The van der Waals surface area contributed by atoms with Crippen LogP contribution in [0.2, 0.25) is 0 Å². The van der Waals surface area contributed by atoms with Gasteiger partial charge in [0.05, 0.1) is 17.4 Å². The Balaban J connectivity index is 1.44. The van der Waals surface area contributed by atoms with Crippen LogP contribution in [-0.4, -0.2) is 5.71 Å². The quantitative estimate of drug-likeness (QED) is 0.331. The number of hydrogen-bond donors (Lipinski definition) is 1. The van der Waals surface area contributed by atoms with Gasteiger partial charge in [0.2, 0.25) is 0 Å². The van der Waals surface area contributed by atoms with Crippen molar-refractivity contribution >= 4 is 17.1 Å². The molecule has 0 saturated heterocycles. The van der Waals surface area contributed by atoms with Gasteiger partial charge in [-0.3, -0.25) is 5.01 Å². The van der Waals surface area contributed by atoms with Gasteiger partial charge in [-0.2, -0.15) is 5.10 Å². The monoisotopic (exact) mass is 445 g/mol. The molecular formula is C31H31N3. The Hall–Kier alpha value is -3.85. The first kappa shape index (κ1) is 22.0. The number of rotatable bonds is 6. The molecule has 0 bridgehead atoms. The molecule has 0 aromatic heterocycles. The van der Waals surface area contributed by atoms with Crippen LogP contribution in [0.3, 0.4) is 0 Å². The molecule has 170 valence electrons. The molecule has 0 unspecified atom stereocenters. The molecular weight excluding hydrogens is 414 g/mol. The highest BCUT2D eigenvalue weighted by Crippen LogP contribution is 2.48. The van der Waals surface area contributed by atoms with Crippen LogP contribution in [0.1, 0.15) is 42.1 Å². The fourth-order valence-electron chi connectivity index (χ4n) is 4.80. The van der Waals surface area contributed by atoms with Crippen LogP contribution in [0.25, 0.3) is 0 Å². The first-order chi connectivity index (χ1) is 16.5. The minimum absolute atomic E-state index is 0.112. The highest BCUT2D eigenvalue weighted by molar-refractivity contribution is 6.07. The summed E-state index contributed by atoms with van der Waals surface area (Å²) in [6, 6.07) is 38.7. The minimum Gasteiger partial charge on any atom is -0.381 e. The lowest BCUT2D eigenvalue weighted by Gasteiger charge is -2.33. The van der Waals surface area contributed by atoms with Gasteiger partial charge in [0.15, 0.2) is 0 Å². The zero-order chi connectivity index (χ0) is 23.5. The number of hydrazone groups is 1. The molecule has 0 spiro atoms. The van der Waals surface area contributed by atoms with Gasteiger partial charge >= 0.3 is 0 Å². The highest BCUT2D eigenvalue weighted by Gasteiger charge is 2.45. The molecule has 1 aliphatic heterocycles. The number of anilines is 2. The molecule has 0 fully saturated rings. The standard InChI is InChI=1S/C31H31N3/c1-23-14-18-27(19-15-23)32-22-24-16-20-28(21-17-24)34-30(26-12-8-5-9-13-26)31(2,3)29(33-34)25-10-6-4-7-11-25/h4-21,30,32H,22H2,1-3H3/t30-/m0/s1. The van der Waals surface area contributed by atoms with Crippen molar-refractivity contribution in [1.29, 1.82) is 0 Å². The summed E-state index contributed by atoms with van der Waals surface area (Å²) in [5.74, 6) is 0. The predicted octanol–water partition coefficient (Wildman–Crippen LogP) is 7.60. The highest BCUT2D eigenvalue weighted by atomic mass is 15.5. The number of nitrogens with one attached hydrogen (secondary N) is 1. The lowest BCUT2D eigenvalue weighted by molar-refractivity contribution is 0.425. The van der Waals surface area contributed by atoms with Gasteiger partial charge in [0.1, 0.15) is 0 Å². The van der Waals surface area contributed by atoms with Crippen molar-refractivity contribution in [3.8, 4) is 0 Å². The number of nitrogens with zero attached hydrogens (tertiary/aromatic N) is 2. The molecule has 1 heterocycles. The van der Waals surface area contributed by atoms with Crippen molar-refractivity contribution in [1.82, 2.24) is 0 Å². The van der Waals surface area contributed by atoms with E-state index in [2.05, 4.69) is 140 Å². The second-order valence-electron chi connectivity index (χ2n) is 9.58. The SMILES string of the molecule is Cc1ccc(NCc2ccc(N3N=C(c4ccccc4)C(C)(C)[C@@H]3c3ccccc3)cc2)cc1. The van der Waals surface area contributed by atoms with Crippen LogP contribution in [0.15, 0.2) is 114 Å². The molecule has 34 heavy (non-hydrogen) atoms. The summed E-state index contributed by atoms with van der Waals surface area (Å²) in [4.78, 5) is 0. The van der Waals surface area contributed by atoms with Crippen molar-refractivity contribution in [3.63, 3.8) is 0 Å². The third kappa shape index (κ3) is 4.34. The predicted molar refractivity (Wildman–Crippen MR) is 143 cm³/mol. The Bertz CT molecular complexity index is 1260. The van der Waals surface area contributed by atoms with E-state index in [4.69, 9.17) is 5.10 Å². The zero-order valence-corrected chi connectivity index (χ0v) is 20.1. The molecule has 3 nitrogen and oxygen atoms in total. The maximum Gasteiger partial charge on any atom is 0.0882 e. The number of aryl methyl sites for hydroxylation is 1. The Labute approximate surface area is 202 Å². The van der Waals surface area contributed by atoms with E-state index in [1.54, 1.807) is 0 Å². The van der Waals surface area contributed by atoms with Crippen molar-refractivity contribution in [2.24, 2.45) is 10.5 Å². The van der Waals surface area contributed by atoms with Crippen molar-refractivity contribution < 1.29 is 0 Å². The van der Waals surface area contributed by atoms with Gasteiger partial charge in [0.25, 0.3) is 0 Å². The Morgan fingerprint density at radius 1 is 0.765 bits per heavy atom. The summed E-state index contributed by atoms with van der Waals surface area (Å²) in [7, 11) is 0. The lowest BCUT2D eigenvalue weighted by atomic mass is 9.75. The van der Waals surface area contributed by atoms with Gasteiger partial charge in [-0.15, -0.1) is 0 Å². The average molecular weight is 446 g/mol. The van der Waals surface area contributed by atoms with E-state index in [1.165, 1.54) is 22.3 Å². The number of hydrogen-bond acceptors (Lipinski definition) is 3. The van der Waals surface area contributed by atoms with E-state index in [0.717, 1.165) is 23.6 Å². The summed E-state index contributed by atoms with van der Waals surface area (Å²) in [5, 5.41) is 10.9. The summed E-state index contributed by atoms with van der Waals surface area (Å²) in [5.41, 5.74) is 8.16. The third-order valence-corrected chi connectivity index (χ3v) is 6.66. The van der Waals surface area contributed by atoms with E-state index in [9.17, 15) is 0 Å². The molecule has 4 aromatic carbocycles. The fourth-order valence-corrected chi connectivity index (χ4v) is 4.80. The Morgan fingerprint density at radius 3 is 2.03 bits per heavy atom. The first-order valence-electron chi connectivity index (χ1n) is 11.9. The maximum atomic E-state index is 5.20. The summed E-state index contributed by atoms with van der Waals surface area (Å²) >= 11 is 0. The Morgan fingerprint density at radius 2 is 1.38 bits per heavy atom. The molecule has 5 rings (SSSR count). The van der Waals surface area contributed by atoms with Crippen LogP contribution < -0.4 is 10.3 Å². The van der Waals surface area contributed by atoms with Gasteiger partial charge < -0.3 is 5.32 Å². The molecule has 1 N–H and O–H groups in total. The van der Waals surface area contributed by atoms with Gasteiger partial charge in [-0.05, 0) is 47.9 Å². The van der Waals surface area contributed by atoms with E-state index in [1.807, 2.05) is 0 Å². The molecule has 3 heteroatoms. The van der Waals surface area contributed by atoms with Crippen LogP contribution in [0, 0.1) is 12.3 Å². The summed E-state index contributed by atoms with van der Waals surface area (Å²) in [6.45, 7) is 7.50. The first-order valence-corrected chi connectivity index (χ1v) is 11.9. The smallest absolute Gasteiger partial charge is 0.0882 e. The van der Waals surface area contributed by atoms with E-state index in [-0.39, 0.29) is 11.5 Å². The largest absolute Gasteiger partial charge is 0.381 e. The van der Waals surface area contributed by atoms with Crippen LogP contribution in [0.5, 0.6) is 0 Å². The molecule has 4 aromatic rings. The van der Waals surface area contributed by atoms with Crippen LogP contribution in [-0.2, 0) is 6.54 Å². The zero-order valence-electron chi connectivity index (χ0n) is 20.1. The molecule has 0 amide bonds. The minimum atomic E-state index is -0.158. The molecule has 0 saturated carbocycles. The topological polar surface area (TPSA) is 27.6 Å². The maximum absolute atomic E-state index is 5.20. The van der Waals surface area contributed by atoms with E-state index >= 15 is 0 Å². The molecule has 0 radical (unpaired) electrons. The molecule has 0 aliphatic carbocycles. The summed E-state index contributed by atoms with van der Waals surface area (Å²) < 4.78 is 0. The van der Waals surface area contributed by atoms with Crippen molar-refractivity contribution in [3.05, 3.63) is 131 Å². The van der Waals surface area contributed by atoms with E-state index < -0.39 is 0 Å².